The fourth-order valence-corrected chi connectivity index (χ4v) is 5.15. The second-order valence-corrected chi connectivity index (χ2v) is 11.2. The zero-order chi connectivity index (χ0) is 24.6. The van der Waals surface area contributed by atoms with E-state index in [1.54, 1.807) is 0 Å². The molecule has 0 aromatic rings. The Morgan fingerprint density at radius 2 is 0.588 bits per heavy atom. The molecule has 0 aliphatic rings. The Morgan fingerprint density at radius 3 is 0.912 bits per heavy atom. The average Bonchev–Trinajstić information content (AvgIpc) is 2.85. The number of unbranched alkanes of at least 4 members (excludes halogenated alkanes) is 28. The van der Waals surface area contributed by atoms with Crippen LogP contribution >= 0.6 is 0 Å². The lowest BCUT2D eigenvalue weighted by Gasteiger charge is -2.04. The van der Waals surface area contributed by atoms with Crippen LogP contribution in [0.15, 0.2) is 12.2 Å². The first kappa shape index (κ1) is 33.7. The number of hydrogen-bond acceptors (Lipinski definition) is 0. The lowest BCUT2D eigenvalue weighted by molar-refractivity contribution is 0.519. The van der Waals surface area contributed by atoms with Crippen LogP contribution < -0.4 is 0 Å². The Hall–Kier alpha value is -0.260. The quantitative estimate of drug-likeness (QED) is 0.0711. The monoisotopic (exact) mass is 479 g/mol. The highest BCUT2D eigenvalue weighted by atomic mass is 14.8. The van der Waals surface area contributed by atoms with Crippen molar-refractivity contribution >= 4 is 0 Å². The van der Waals surface area contributed by atoms with E-state index in [4.69, 9.17) is 0 Å². The standard InChI is InChI=1S/C34H68/c1-3-5-7-9-11-13-15-17-19-21-23-25-27-29-31-33-34-32-30-28-26-24-22-20-18-16-14-12-10-8-6-4-2/h17,19H,3-16,18,20-34H2,1-2H3/b19-17-/i30+2. The highest BCUT2D eigenvalue weighted by Gasteiger charge is 1.96. The molecule has 0 saturated carbocycles. The number of rotatable bonds is 30. The van der Waals surface area contributed by atoms with Crippen molar-refractivity contribution in [2.24, 2.45) is 0 Å². The van der Waals surface area contributed by atoms with E-state index in [1.807, 2.05) is 0 Å². The van der Waals surface area contributed by atoms with Crippen molar-refractivity contribution in [3.8, 4) is 0 Å². The van der Waals surface area contributed by atoms with Gasteiger partial charge in [0.15, 0.2) is 0 Å². The van der Waals surface area contributed by atoms with E-state index in [1.165, 1.54) is 193 Å². The van der Waals surface area contributed by atoms with Crippen LogP contribution in [0.25, 0.3) is 0 Å². The number of hydrogen-bond donors (Lipinski definition) is 0. The summed E-state index contributed by atoms with van der Waals surface area (Å²) in [5.74, 6) is 0. The SMILES string of the molecule is CCCCCCCC/C=C\CCCCCCCCC[14CH2]CCCCCCCCCCCCCC. The normalized spacial score (nSPS) is 11.7. The molecule has 0 radical (unpaired) electrons. The Labute approximate surface area is 218 Å². The fraction of sp³-hybridized carbons (Fsp3) is 0.941. The Kier molecular flexibility index (Phi) is 32.5. The van der Waals surface area contributed by atoms with Crippen LogP contribution in [0.5, 0.6) is 0 Å². The van der Waals surface area contributed by atoms with Crippen molar-refractivity contribution in [2.75, 3.05) is 0 Å². The Balaban J connectivity index is 3.04. The van der Waals surface area contributed by atoms with Gasteiger partial charge < -0.3 is 0 Å². The predicted molar refractivity (Wildman–Crippen MR) is 159 cm³/mol. The molecule has 0 unspecified atom stereocenters. The molecule has 0 aromatic carbocycles. The summed E-state index contributed by atoms with van der Waals surface area (Å²) in [6.07, 6.45) is 48.4. The largest absolute Gasteiger partial charge is 0.0885 e. The first-order valence-corrected chi connectivity index (χ1v) is 16.6. The molecule has 0 saturated heterocycles. The highest BCUT2D eigenvalue weighted by molar-refractivity contribution is 4.81. The van der Waals surface area contributed by atoms with Crippen molar-refractivity contribution in [2.45, 2.75) is 206 Å². The van der Waals surface area contributed by atoms with Gasteiger partial charge in [-0.3, -0.25) is 0 Å². The van der Waals surface area contributed by atoms with Gasteiger partial charge in [-0.1, -0.05) is 193 Å². The van der Waals surface area contributed by atoms with Gasteiger partial charge in [-0.2, -0.15) is 0 Å². The second kappa shape index (κ2) is 32.7. The first-order chi connectivity index (χ1) is 16.9. The smallest absolute Gasteiger partial charge is 0.0351 e. The molecule has 0 atom stereocenters. The molecular formula is C34H68. The summed E-state index contributed by atoms with van der Waals surface area (Å²) >= 11 is 0. The third-order valence-corrected chi connectivity index (χ3v) is 7.62. The molecule has 204 valence electrons. The lowest BCUT2D eigenvalue weighted by atomic mass is 10.1. The Morgan fingerprint density at radius 1 is 0.324 bits per heavy atom. The maximum atomic E-state index is 2.45. The topological polar surface area (TPSA) is 0 Å². The van der Waals surface area contributed by atoms with Gasteiger partial charge in [-0.25, -0.2) is 0 Å². The van der Waals surface area contributed by atoms with Crippen LogP contribution in [0.1, 0.15) is 206 Å². The van der Waals surface area contributed by atoms with E-state index in [-0.39, 0.29) is 0 Å². The summed E-state index contributed by atoms with van der Waals surface area (Å²) in [4.78, 5) is 0. The van der Waals surface area contributed by atoms with Gasteiger partial charge in [0.2, 0.25) is 0 Å². The fourth-order valence-electron chi connectivity index (χ4n) is 5.15. The Bertz CT molecular complexity index is 355. The van der Waals surface area contributed by atoms with Crippen molar-refractivity contribution in [1.29, 1.82) is 0 Å². The summed E-state index contributed by atoms with van der Waals surface area (Å²) in [7, 11) is 0. The van der Waals surface area contributed by atoms with E-state index < -0.39 is 0 Å². The third-order valence-electron chi connectivity index (χ3n) is 7.62. The van der Waals surface area contributed by atoms with Crippen molar-refractivity contribution < 1.29 is 0 Å². The van der Waals surface area contributed by atoms with Gasteiger partial charge in [0, 0.05) is 0 Å². The summed E-state index contributed by atoms with van der Waals surface area (Å²) in [6.45, 7) is 4.60. The van der Waals surface area contributed by atoms with Gasteiger partial charge in [0.25, 0.3) is 0 Å². The maximum Gasteiger partial charge on any atom is -0.0351 e. The minimum atomic E-state index is 1.31. The molecule has 0 aliphatic heterocycles. The van der Waals surface area contributed by atoms with Gasteiger partial charge in [0.1, 0.15) is 0 Å². The van der Waals surface area contributed by atoms with Crippen LogP contribution in [-0.4, -0.2) is 0 Å². The number of allylic oxidation sites excluding steroid dienone is 2. The van der Waals surface area contributed by atoms with E-state index in [9.17, 15) is 0 Å². The molecule has 0 aromatic heterocycles. The van der Waals surface area contributed by atoms with Crippen LogP contribution in [0.2, 0.25) is 0 Å². The molecule has 0 fully saturated rings. The average molecular weight is 479 g/mol. The van der Waals surface area contributed by atoms with Gasteiger partial charge in [0.05, 0.1) is 0 Å². The minimum absolute atomic E-state index is 1.31. The van der Waals surface area contributed by atoms with E-state index in [2.05, 4.69) is 26.0 Å². The molecule has 0 amide bonds. The van der Waals surface area contributed by atoms with E-state index >= 15 is 0 Å². The van der Waals surface area contributed by atoms with Gasteiger partial charge >= 0.3 is 0 Å². The molecule has 0 spiro atoms. The van der Waals surface area contributed by atoms with Gasteiger partial charge in [-0.15, -0.1) is 0 Å². The molecule has 0 heteroatoms. The maximum absolute atomic E-state index is 2.45. The first-order valence-electron chi connectivity index (χ1n) is 16.6. The van der Waals surface area contributed by atoms with Crippen LogP contribution in [-0.2, 0) is 0 Å². The summed E-state index contributed by atoms with van der Waals surface area (Å²) in [5.41, 5.74) is 0. The van der Waals surface area contributed by atoms with Crippen molar-refractivity contribution in [3.05, 3.63) is 12.2 Å². The molecular weight excluding hydrogens is 410 g/mol. The van der Waals surface area contributed by atoms with Crippen LogP contribution in [0.4, 0.5) is 0 Å². The highest BCUT2D eigenvalue weighted by Crippen LogP contribution is 2.15. The zero-order valence-electron chi connectivity index (χ0n) is 24.4. The predicted octanol–water partition coefficient (Wildman–Crippen LogP) is 13.3. The third kappa shape index (κ3) is 31.7. The molecule has 0 bridgehead atoms. The van der Waals surface area contributed by atoms with Crippen molar-refractivity contribution in [3.63, 3.8) is 0 Å². The van der Waals surface area contributed by atoms with E-state index in [0.29, 0.717) is 0 Å². The molecule has 0 nitrogen and oxygen atoms in total. The lowest BCUT2D eigenvalue weighted by Crippen LogP contribution is -1.84. The van der Waals surface area contributed by atoms with Crippen LogP contribution in [0.3, 0.4) is 0 Å². The molecule has 0 heterocycles. The summed E-state index contributed by atoms with van der Waals surface area (Å²) in [5, 5.41) is 0. The second-order valence-electron chi connectivity index (χ2n) is 11.2. The van der Waals surface area contributed by atoms with Gasteiger partial charge in [-0.05, 0) is 25.7 Å². The summed E-state index contributed by atoms with van der Waals surface area (Å²) < 4.78 is 0. The summed E-state index contributed by atoms with van der Waals surface area (Å²) in [6, 6.07) is 0. The van der Waals surface area contributed by atoms with Crippen molar-refractivity contribution in [1.82, 2.24) is 0 Å². The molecule has 34 heavy (non-hydrogen) atoms. The molecule has 0 N–H and O–H groups in total. The minimum Gasteiger partial charge on any atom is -0.0885 e. The zero-order valence-corrected chi connectivity index (χ0v) is 24.4. The molecule has 0 rings (SSSR count). The molecule has 0 aliphatic carbocycles. The van der Waals surface area contributed by atoms with Crippen LogP contribution in [0, 0.1) is 0 Å². The van der Waals surface area contributed by atoms with E-state index in [0.717, 1.165) is 0 Å².